The lowest BCUT2D eigenvalue weighted by Gasteiger charge is -2.45. The SMILES string of the molecule is c1ccc(N2CN(c3ccccc3)CN(c3cccc(-c4cccc(-c5cccc6c5oc5ccccc56)c4)c3)C2)cc1. The van der Waals surface area contributed by atoms with E-state index in [1.807, 2.05) is 12.1 Å². The number of rotatable bonds is 5. The Morgan fingerprint density at radius 3 is 1.63 bits per heavy atom. The van der Waals surface area contributed by atoms with Crippen LogP contribution in [-0.2, 0) is 0 Å². The summed E-state index contributed by atoms with van der Waals surface area (Å²) in [5, 5.41) is 2.30. The fraction of sp³-hybridized carbons (Fsp3) is 0.0769. The van der Waals surface area contributed by atoms with Crippen LogP contribution < -0.4 is 14.7 Å². The molecule has 1 fully saturated rings. The van der Waals surface area contributed by atoms with Gasteiger partial charge in [-0.2, -0.15) is 0 Å². The standard InChI is InChI=1S/C39H31N3O/c1-3-15-32(16-4-1)40-26-41(33-17-5-2-6-18-33)28-42(27-40)34-19-10-13-30(25-34)29-12-9-14-31(24-29)35-21-11-22-37-36-20-7-8-23-38(36)43-39(35)37/h1-25H,26-28H2. The Morgan fingerprint density at radius 2 is 0.907 bits per heavy atom. The van der Waals surface area contributed by atoms with Gasteiger partial charge in [-0.3, -0.25) is 0 Å². The molecule has 43 heavy (non-hydrogen) atoms. The maximum Gasteiger partial charge on any atom is 0.143 e. The molecule has 4 heteroatoms. The highest BCUT2D eigenvalue weighted by molar-refractivity contribution is 6.09. The molecule has 208 valence electrons. The first-order valence-electron chi connectivity index (χ1n) is 14.8. The second-order valence-electron chi connectivity index (χ2n) is 11.1. The van der Waals surface area contributed by atoms with Crippen LogP contribution in [0.25, 0.3) is 44.2 Å². The number of hydrogen-bond acceptors (Lipinski definition) is 4. The molecular formula is C39H31N3O. The Kier molecular flexibility index (Phi) is 6.30. The van der Waals surface area contributed by atoms with E-state index in [4.69, 9.17) is 4.42 Å². The minimum Gasteiger partial charge on any atom is -0.455 e. The first-order chi connectivity index (χ1) is 21.3. The van der Waals surface area contributed by atoms with Crippen molar-refractivity contribution < 1.29 is 4.42 Å². The zero-order valence-corrected chi connectivity index (χ0v) is 23.8. The van der Waals surface area contributed by atoms with Gasteiger partial charge in [-0.05, 0) is 65.2 Å². The zero-order chi connectivity index (χ0) is 28.6. The summed E-state index contributed by atoms with van der Waals surface area (Å²) in [6, 6.07) is 53.8. The van der Waals surface area contributed by atoms with Gasteiger partial charge in [0.05, 0.1) is 20.0 Å². The number of hydrogen-bond donors (Lipinski definition) is 0. The number of fused-ring (bicyclic) bond motifs is 3. The molecule has 6 aromatic carbocycles. The molecule has 0 aliphatic carbocycles. The lowest BCUT2D eigenvalue weighted by Crippen LogP contribution is -2.55. The molecule has 4 nitrogen and oxygen atoms in total. The molecule has 0 radical (unpaired) electrons. The van der Waals surface area contributed by atoms with E-state index >= 15 is 0 Å². The summed E-state index contributed by atoms with van der Waals surface area (Å²) in [5.41, 5.74) is 10.1. The van der Waals surface area contributed by atoms with Crippen molar-refractivity contribution in [2.45, 2.75) is 0 Å². The van der Waals surface area contributed by atoms with Crippen LogP contribution in [0.2, 0.25) is 0 Å². The van der Waals surface area contributed by atoms with E-state index in [1.165, 1.54) is 28.2 Å². The van der Waals surface area contributed by atoms with Crippen LogP contribution >= 0.6 is 0 Å². The highest BCUT2D eigenvalue weighted by atomic mass is 16.3. The van der Waals surface area contributed by atoms with Crippen molar-refractivity contribution in [2.24, 2.45) is 0 Å². The van der Waals surface area contributed by atoms with Crippen molar-refractivity contribution >= 4 is 39.0 Å². The lowest BCUT2D eigenvalue weighted by atomic mass is 9.97. The number of furan rings is 1. The molecule has 0 unspecified atom stereocenters. The summed E-state index contributed by atoms with van der Waals surface area (Å²) in [5.74, 6) is 0. The monoisotopic (exact) mass is 557 g/mol. The third-order valence-corrected chi connectivity index (χ3v) is 8.39. The highest BCUT2D eigenvalue weighted by Crippen LogP contribution is 2.37. The number of benzene rings is 6. The number of anilines is 3. The topological polar surface area (TPSA) is 22.9 Å². The van der Waals surface area contributed by atoms with Crippen LogP contribution in [0.4, 0.5) is 17.1 Å². The lowest BCUT2D eigenvalue weighted by molar-refractivity contribution is 0.611. The minimum atomic E-state index is 0.810. The Hall–Kier alpha value is -5.48. The van der Waals surface area contributed by atoms with Crippen LogP contribution in [0.5, 0.6) is 0 Å². The van der Waals surface area contributed by atoms with Gasteiger partial charge in [-0.1, -0.05) is 103 Å². The predicted octanol–water partition coefficient (Wildman–Crippen LogP) is 9.63. The van der Waals surface area contributed by atoms with E-state index in [-0.39, 0.29) is 0 Å². The van der Waals surface area contributed by atoms with Crippen molar-refractivity contribution in [3.63, 3.8) is 0 Å². The number of nitrogens with zero attached hydrogens (tertiary/aromatic N) is 3. The van der Waals surface area contributed by atoms with E-state index in [0.29, 0.717) is 0 Å². The molecule has 1 saturated heterocycles. The van der Waals surface area contributed by atoms with Gasteiger partial charge < -0.3 is 19.1 Å². The van der Waals surface area contributed by atoms with Gasteiger partial charge in [-0.25, -0.2) is 0 Å². The van der Waals surface area contributed by atoms with Gasteiger partial charge in [0, 0.05) is 33.4 Å². The molecule has 1 aromatic heterocycles. The summed E-state index contributed by atoms with van der Waals surface area (Å²) in [6.07, 6.45) is 0. The summed E-state index contributed by atoms with van der Waals surface area (Å²) in [4.78, 5) is 7.31. The van der Waals surface area contributed by atoms with Crippen molar-refractivity contribution in [2.75, 3.05) is 34.7 Å². The Balaban J connectivity index is 1.15. The van der Waals surface area contributed by atoms with Gasteiger partial charge >= 0.3 is 0 Å². The van der Waals surface area contributed by atoms with E-state index in [1.54, 1.807) is 0 Å². The van der Waals surface area contributed by atoms with E-state index in [2.05, 4.69) is 154 Å². The smallest absolute Gasteiger partial charge is 0.143 e. The average Bonchev–Trinajstić information content (AvgIpc) is 3.48. The first-order valence-corrected chi connectivity index (χ1v) is 14.8. The molecule has 8 rings (SSSR count). The summed E-state index contributed by atoms with van der Waals surface area (Å²) < 4.78 is 6.36. The fourth-order valence-electron chi connectivity index (χ4n) is 6.24. The quantitative estimate of drug-likeness (QED) is 0.210. The predicted molar refractivity (Wildman–Crippen MR) is 180 cm³/mol. The van der Waals surface area contributed by atoms with Crippen LogP contribution in [0.1, 0.15) is 0 Å². The molecule has 1 aliphatic heterocycles. The molecule has 0 spiro atoms. The molecule has 0 bridgehead atoms. The van der Waals surface area contributed by atoms with Crippen LogP contribution in [0, 0.1) is 0 Å². The van der Waals surface area contributed by atoms with Crippen molar-refractivity contribution in [3.8, 4) is 22.3 Å². The van der Waals surface area contributed by atoms with Gasteiger partial charge in [-0.15, -0.1) is 0 Å². The Labute approximate surface area is 251 Å². The van der Waals surface area contributed by atoms with Gasteiger partial charge in [0.15, 0.2) is 0 Å². The third-order valence-electron chi connectivity index (χ3n) is 8.39. The molecular weight excluding hydrogens is 526 g/mol. The maximum absolute atomic E-state index is 6.36. The van der Waals surface area contributed by atoms with Crippen molar-refractivity contribution in [3.05, 3.63) is 152 Å². The van der Waals surface area contributed by atoms with Crippen LogP contribution in [0.3, 0.4) is 0 Å². The van der Waals surface area contributed by atoms with Crippen LogP contribution in [0.15, 0.2) is 156 Å². The third kappa shape index (κ3) is 4.77. The largest absolute Gasteiger partial charge is 0.455 e. The molecule has 0 amide bonds. The zero-order valence-electron chi connectivity index (χ0n) is 23.8. The Morgan fingerprint density at radius 1 is 0.395 bits per heavy atom. The highest BCUT2D eigenvalue weighted by Gasteiger charge is 2.24. The van der Waals surface area contributed by atoms with Gasteiger partial charge in [0.25, 0.3) is 0 Å². The second-order valence-corrected chi connectivity index (χ2v) is 11.1. The number of para-hydroxylation sites is 4. The molecule has 0 saturated carbocycles. The van der Waals surface area contributed by atoms with E-state index < -0.39 is 0 Å². The second kappa shape index (κ2) is 10.7. The van der Waals surface area contributed by atoms with Crippen molar-refractivity contribution in [1.29, 1.82) is 0 Å². The summed E-state index contributed by atoms with van der Waals surface area (Å²) in [7, 11) is 0. The molecule has 1 aliphatic rings. The van der Waals surface area contributed by atoms with E-state index in [0.717, 1.165) is 53.1 Å². The van der Waals surface area contributed by atoms with Gasteiger partial charge in [0.1, 0.15) is 11.2 Å². The summed E-state index contributed by atoms with van der Waals surface area (Å²) in [6.45, 7) is 2.45. The first kappa shape index (κ1) is 25.2. The summed E-state index contributed by atoms with van der Waals surface area (Å²) >= 11 is 0. The maximum atomic E-state index is 6.36. The molecule has 7 aromatic rings. The van der Waals surface area contributed by atoms with E-state index in [9.17, 15) is 0 Å². The molecule has 0 atom stereocenters. The Bertz CT molecular complexity index is 1990. The average molecular weight is 558 g/mol. The fourth-order valence-corrected chi connectivity index (χ4v) is 6.24. The van der Waals surface area contributed by atoms with Crippen molar-refractivity contribution in [1.82, 2.24) is 0 Å². The van der Waals surface area contributed by atoms with Gasteiger partial charge in [0.2, 0.25) is 0 Å². The molecule has 2 heterocycles. The molecule has 0 N–H and O–H groups in total. The minimum absolute atomic E-state index is 0.810. The van der Waals surface area contributed by atoms with Crippen LogP contribution in [-0.4, -0.2) is 20.0 Å². The normalized spacial score (nSPS) is 13.6.